The average molecular weight is 118 g/mol. The first kappa shape index (κ1) is 7.88. The fourth-order valence-electron chi connectivity index (χ4n) is 0.471. The van der Waals surface area contributed by atoms with Crippen LogP contribution in [0.15, 0.2) is 0 Å². The second-order valence-corrected chi connectivity index (χ2v) is 1.86. The van der Waals surface area contributed by atoms with Crippen molar-refractivity contribution >= 4 is 0 Å². The minimum Gasteiger partial charge on any atom is -0.396 e. The molecule has 0 aliphatic rings. The van der Waals surface area contributed by atoms with Crippen molar-refractivity contribution in [3.63, 3.8) is 0 Å². The summed E-state index contributed by atoms with van der Waals surface area (Å²) in [6, 6.07) is 0.0714. The fraction of sp³-hybridized carbons (Fsp3) is 1.00. The molecule has 0 aromatic carbocycles. The Kier molecular flexibility index (Phi) is 4.95. The molecular weight excluding hydrogens is 104 g/mol. The molecule has 50 valence electrons. The van der Waals surface area contributed by atoms with Gasteiger partial charge in [-0.15, -0.1) is 0 Å². The summed E-state index contributed by atoms with van der Waals surface area (Å²) < 4.78 is 0. The Hall–Kier alpha value is -0.120. The predicted octanol–water partition coefficient (Wildman–Crippen LogP) is -0.955. The standard InChI is InChI=1S/C5H14N2O/c6-4-5(7)2-1-3-8/h5,8H,1-4,6-7H2/t5-/m0/s1. The number of hydrogen-bond donors (Lipinski definition) is 3. The molecule has 0 spiro atoms. The van der Waals surface area contributed by atoms with Crippen molar-refractivity contribution in [2.45, 2.75) is 18.9 Å². The maximum atomic E-state index is 8.31. The molecular formula is C5H14N2O. The minimum absolute atomic E-state index is 0.0714. The van der Waals surface area contributed by atoms with Gasteiger partial charge in [0.1, 0.15) is 0 Å². The quantitative estimate of drug-likeness (QED) is 0.445. The second-order valence-electron chi connectivity index (χ2n) is 1.86. The minimum atomic E-state index is 0.0714. The van der Waals surface area contributed by atoms with E-state index >= 15 is 0 Å². The molecule has 3 nitrogen and oxygen atoms in total. The zero-order valence-electron chi connectivity index (χ0n) is 5.01. The molecule has 0 bridgehead atoms. The van der Waals surface area contributed by atoms with Gasteiger partial charge < -0.3 is 16.6 Å². The van der Waals surface area contributed by atoms with E-state index in [1.807, 2.05) is 0 Å². The Labute approximate surface area is 49.7 Å². The van der Waals surface area contributed by atoms with E-state index < -0.39 is 0 Å². The van der Waals surface area contributed by atoms with Crippen LogP contribution in [0.1, 0.15) is 12.8 Å². The van der Waals surface area contributed by atoms with E-state index in [-0.39, 0.29) is 12.6 Å². The molecule has 3 heteroatoms. The zero-order chi connectivity index (χ0) is 6.41. The van der Waals surface area contributed by atoms with Crippen LogP contribution in [0.2, 0.25) is 0 Å². The highest BCUT2D eigenvalue weighted by molar-refractivity contribution is 4.59. The van der Waals surface area contributed by atoms with Gasteiger partial charge in [0.25, 0.3) is 0 Å². The van der Waals surface area contributed by atoms with Gasteiger partial charge >= 0.3 is 0 Å². The van der Waals surface area contributed by atoms with Gasteiger partial charge in [-0.05, 0) is 12.8 Å². The SMILES string of the molecule is NC[C@@H](N)CCCO. The lowest BCUT2D eigenvalue weighted by Gasteiger charge is -2.04. The van der Waals surface area contributed by atoms with Gasteiger partial charge in [-0.25, -0.2) is 0 Å². The molecule has 0 radical (unpaired) electrons. The molecule has 0 aliphatic carbocycles. The van der Waals surface area contributed by atoms with Crippen molar-refractivity contribution in [3.8, 4) is 0 Å². The number of rotatable bonds is 4. The molecule has 0 fully saturated rings. The van der Waals surface area contributed by atoms with Crippen LogP contribution in [0.4, 0.5) is 0 Å². The van der Waals surface area contributed by atoms with Crippen LogP contribution in [0.3, 0.4) is 0 Å². The summed E-state index contributed by atoms with van der Waals surface area (Å²) in [6.45, 7) is 0.730. The van der Waals surface area contributed by atoms with Crippen molar-refractivity contribution in [1.29, 1.82) is 0 Å². The topological polar surface area (TPSA) is 72.3 Å². The first-order valence-electron chi connectivity index (χ1n) is 2.87. The molecule has 0 rings (SSSR count). The van der Waals surface area contributed by atoms with E-state index in [1.54, 1.807) is 0 Å². The first-order chi connectivity index (χ1) is 3.81. The molecule has 0 heterocycles. The van der Waals surface area contributed by atoms with Crippen LogP contribution in [0.25, 0.3) is 0 Å². The highest BCUT2D eigenvalue weighted by Gasteiger charge is 1.95. The van der Waals surface area contributed by atoms with E-state index in [0.717, 1.165) is 12.8 Å². The molecule has 0 amide bonds. The average Bonchev–Trinajstić information content (AvgIpc) is 1.83. The van der Waals surface area contributed by atoms with Gasteiger partial charge in [0, 0.05) is 19.2 Å². The third-order valence-electron chi connectivity index (χ3n) is 1.04. The first-order valence-corrected chi connectivity index (χ1v) is 2.87. The number of nitrogens with two attached hydrogens (primary N) is 2. The Balaban J connectivity index is 2.86. The smallest absolute Gasteiger partial charge is 0.0431 e. The summed E-state index contributed by atoms with van der Waals surface area (Å²) in [4.78, 5) is 0. The van der Waals surface area contributed by atoms with Crippen molar-refractivity contribution in [2.24, 2.45) is 11.5 Å². The van der Waals surface area contributed by atoms with Gasteiger partial charge in [-0.1, -0.05) is 0 Å². The van der Waals surface area contributed by atoms with Gasteiger partial charge in [0.15, 0.2) is 0 Å². The molecule has 5 N–H and O–H groups in total. The van der Waals surface area contributed by atoms with E-state index in [9.17, 15) is 0 Å². The van der Waals surface area contributed by atoms with Crippen LogP contribution in [-0.2, 0) is 0 Å². The maximum Gasteiger partial charge on any atom is 0.0431 e. The van der Waals surface area contributed by atoms with Gasteiger partial charge in [-0.3, -0.25) is 0 Å². The molecule has 0 aromatic rings. The van der Waals surface area contributed by atoms with Gasteiger partial charge in [0.05, 0.1) is 0 Å². The largest absolute Gasteiger partial charge is 0.396 e. The summed E-state index contributed by atoms with van der Waals surface area (Å²) in [6.07, 6.45) is 1.59. The van der Waals surface area contributed by atoms with Gasteiger partial charge in [-0.2, -0.15) is 0 Å². The molecule has 0 aliphatic heterocycles. The third-order valence-corrected chi connectivity index (χ3v) is 1.04. The van der Waals surface area contributed by atoms with E-state index in [4.69, 9.17) is 16.6 Å². The number of aliphatic hydroxyl groups is 1. The predicted molar refractivity (Wildman–Crippen MR) is 33.3 cm³/mol. The summed E-state index contributed by atoms with van der Waals surface area (Å²) in [5.41, 5.74) is 10.6. The molecule has 8 heavy (non-hydrogen) atoms. The third kappa shape index (κ3) is 4.05. The summed E-state index contributed by atoms with van der Waals surface area (Å²) in [5.74, 6) is 0. The maximum absolute atomic E-state index is 8.31. The van der Waals surface area contributed by atoms with Crippen molar-refractivity contribution in [3.05, 3.63) is 0 Å². The molecule has 0 saturated carbocycles. The van der Waals surface area contributed by atoms with Crippen molar-refractivity contribution in [1.82, 2.24) is 0 Å². The van der Waals surface area contributed by atoms with Gasteiger partial charge in [0.2, 0.25) is 0 Å². The zero-order valence-corrected chi connectivity index (χ0v) is 5.01. The lowest BCUT2D eigenvalue weighted by Crippen LogP contribution is -2.29. The molecule has 1 atom stereocenters. The fourth-order valence-corrected chi connectivity index (χ4v) is 0.471. The highest BCUT2D eigenvalue weighted by atomic mass is 16.2. The lowest BCUT2D eigenvalue weighted by molar-refractivity contribution is 0.280. The summed E-state index contributed by atoms with van der Waals surface area (Å²) >= 11 is 0. The van der Waals surface area contributed by atoms with Crippen LogP contribution < -0.4 is 11.5 Å². The van der Waals surface area contributed by atoms with Crippen LogP contribution in [0.5, 0.6) is 0 Å². The van der Waals surface area contributed by atoms with E-state index in [1.165, 1.54) is 0 Å². The normalized spacial score (nSPS) is 13.9. The number of hydrogen-bond acceptors (Lipinski definition) is 3. The summed E-state index contributed by atoms with van der Waals surface area (Å²) in [5, 5.41) is 8.31. The van der Waals surface area contributed by atoms with Crippen molar-refractivity contribution < 1.29 is 5.11 Å². The highest BCUT2D eigenvalue weighted by Crippen LogP contribution is 1.89. The monoisotopic (exact) mass is 118 g/mol. The molecule has 0 saturated heterocycles. The van der Waals surface area contributed by atoms with Crippen molar-refractivity contribution in [2.75, 3.05) is 13.2 Å². The lowest BCUT2D eigenvalue weighted by atomic mass is 10.2. The Bertz CT molecular complexity index is 49.7. The Morgan fingerprint density at radius 2 is 2.12 bits per heavy atom. The van der Waals surface area contributed by atoms with Crippen LogP contribution in [-0.4, -0.2) is 24.3 Å². The number of aliphatic hydroxyl groups excluding tert-OH is 1. The van der Waals surface area contributed by atoms with Crippen LogP contribution in [0, 0.1) is 0 Å². The summed E-state index contributed by atoms with van der Waals surface area (Å²) in [7, 11) is 0. The van der Waals surface area contributed by atoms with E-state index in [0.29, 0.717) is 6.54 Å². The second kappa shape index (κ2) is 5.03. The van der Waals surface area contributed by atoms with E-state index in [2.05, 4.69) is 0 Å². The molecule has 0 aromatic heterocycles. The van der Waals surface area contributed by atoms with Crippen LogP contribution >= 0.6 is 0 Å². The Morgan fingerprint density at radius 3 is 2.50 bits per heavy atom. The Morgan fingerprint density at radius 1 is 1.50 bits per heavy atom. The molecule has 0 unspecified atom stereocenters.